The van der Waals surface area contributed by atoms with Crippen molar-refractivity contribution in [3.63, 3.8) is 0 Å². The highest BCUT2D eigenvalue weighted by Crippen LogP contribution is 2.14. The molecule has 3 rings (SSSR count). The molecule has 0 aromatic heterocycles. The highest BCUT2D eigenvalue weighted by molar-refractivity contribution is 6.33. The topological polar surface area (TPSA) is 65.9 Å². The summed E-state index contributed by atoms with van der Waals surface area (Å²) >= 11 is 5.97. The number of quaternary nitrogens is 1. The third-order valence-electron chi connectivity index (χ3n) is 4.73. The van der Waals surface area contributed by atoms with Crippen molar-refractivity contribution < 1.29 is 14.5 Å². The molecule has 0 saturated carbocycles. The number of hydrogen-bond donors (Lipinski definition) is 3. The molecule has 0 bridgehead atoms. The number of para-hydroxylation sites is 1. The van der Waals surface area contributed by atoms with Crippen LogP contribution >= 0.6 is 11.6 Å². The van der Waals surface area contributed by atoms with Gasteiger partial charge in [0.05, 0.1) is 49.7 Å². The molecule has 1 aliphatic rings. The molecular weight excluding hydrogens is 364 g/mol. The third-order valence-corrected chi connectivity index (χ3v) is 5.06. The van der Waals surface area contributed by atoms with Crippen LogP contribution in [0.5, 0.6) is 0 Å². The number of nitrogens with zero attached hydrogens (tertiary/aromatic N) is 1. The van der Waals surface area contributed by atoms with E-state index in [1.54, 1.807) is 24.3 Å². The fourth-order valence-corrected chi connectivity index (χ4v) is 3.38. The molecule has 0 radical (unpaired) electrons. The van der Waals surface area contributed by atoms with E-state index in [9.17, 15) is 9.59 Å². The second-order valence-corrected chi connectivity index (χ2v) is 6.96. The van der Waals surface area contributed by atoms with Gasteiger partial charge in [-0.2, -0.15) is 0 Å². The van der Waals surface area contributed by atoms with Crippen LogP contribution < -0.4 is 20.7 Å². The Morgan fingerprint density at radius 2 is 1.63 bits per heavy atom. The second-order valence-electron chi connectivity index (χ2n) is 6.55. The van der Waals surface area contributed by atoms with Gasteiger partial charge < -0.3 is 9.80 Å². The van der Waals surface area contributed by atoms with Crippen molar-refractivity contribution in [3.05, 3.63) is 65.2 Å². The molecule has 6 nitrogen and oxygen atoms in total. The van der Waals surface area contributed by atoms with Crippen molar-refractivity contribution in [2.45, 2.75) is 6.42 Å². The van der Waals surface area contributed by atoms with Crippen molar-refractivity contribution in [1.29, 1.82) is 0 Å². The van der Waals surface area contributed by atoms with Crippen LogP contribution in [0.2, 0.25) is 5.02 Å². The maximum atomic E-state index is 12.0. The molecule has 142 valence electrons. The van der Waals surface area contributed by atoms with Crippen molar-refractivity contribution in [1.82, 2.24) is 10.9 Å². The summed E-state index contributed by atoms with van der Waals surface area (Å²) in [6, 6.07) is 17.1. The van der Waals surface area contributed by atoms with Crippen LogP contribution in [0.15, 0.2) is 54.6 Å². The Morgan fingerprint density at radius 1 is 0.963 bits per heavy atom. The Labute approximate surface area is 164 Å². The Morgan fingerprint density at radius 3 is 2.33 bits per heavy atom. The lowest BCUT2D eigenvalue weighted by molar-refractivity contribution is -0.900. The van der Waals surface area contributed by atoms with Crippen molar-refractivity contribution in [3.8, 4) is 0 Å². The number of carbonyl (C=O) groups excluding carboxylic acids is 2. The summed E-state index contributed by atoms with van der Waals surface area (Å²) in [5, 5.41) is 0.352. The lowest BCUT2D eigenvalue weighted by Gasteiger charge is -2.33. The van der Waals surface area contributed by atoms with Gasteiger partial charge in [-0.05, 0) is 24.3 Å². The minimum atomic E-state index is -0.419. The van der Waals surface area contributed by atoms with Gasteiger partial charge >= 0.3 is 0 Å². The van der Waals surface area contributed by atoms with Crippen molar-refractivity contribution >= 4 is 29.1 Å². The van der Waals surface area contributed by atoms with Gasteiger partial charge in [0.1, 0.15) is 0 Å². The number of nitrogens with one attached hydrogen (secondary N) is 3. The summed E-state index contributed by atoms with van der Waals surface area (Å²) in [6.45, 7) is 4.69. The van der Waals surface area contributed by atoms with E-state index < -0.39 is 5.91 Å². The zero-order valence-electron chi connectivity index (χ0n) is 15.1. The molecule has 7 heteroatoms. The molecule has 1 fully saturated rings. The summed E-state index contributed by atoms with van der Waals surface area (Å²) in [5.74, 6) is -0.619. The molecule has 1 aliphatic heterocycles. The molecule has 0 aliphatic carbocycles. The van der Waals surface area contributed by atoms with Gasteiger partial charge in [-0.3, -0.25) is 20.4 Å². The van der Waals surface area contributed by atoms with Gasteiger partial charge in [0.2, 0.25) is 5.91 Å². The maximum Gasteiger partial charge on any atom is 0.271 e. The van der Waals surface area contributed by atoms with Crippen LogP contribution in [0, 0.1) is 0 Å². The number of amides is 2. The quantitative estimate of drug-likeness (QED) is 0.668. The van der Waals surface area contributed by atoms with Gasteiger partial charge in [0.15, 0.2) is 0 Å². The van der Waals surface area contributed by atoms with Crippen LogP contribution in [-0.4, -0.2) is 44.5 Å². The Bertz CT molecular complexity index is 777. The summed E-state index contributed by atoms with van der Waals surface area (Å²) in [4.78, 5) is 27.8. The van der Waals surface area contributed by atoms with Crippen LogP contribution in [0.4, 0.5) is 5.69 Å². The van der Waals surface area contributed by atoms with E-state index >= 15 is 0 Å². The van der Waals surface area contributed by atoms with E-state index in [1.807, 2.05) is 6.07 Å². The molecule has 1 saturated heterocycles. The lowest BCUT2D eigenvalue weighted by Crippen LogP contribution is -3.15. The van der Waals surface area contributed by atoms with Gasteiger partial charge in [-0.1, -0.05) is 41.9 Å². The number of piperazine rings is 1. The van der Waals surface area contributed by atoms with E-state index in [4.69, 9.17) is 11.6 Å². The number of anilines is 1. The predicted molar refractivity (Wildman–Crippen MR) is 106 cm³/mol. The van der Waals surface area contributed by atoms with E-state index in [0.29, 0.717) is 17.0 Å². The number of hydrazine groups is 1. The highest BCUT2D eigenvalue weighted by Gasteiger charge is 2.20. The summed E-state index contributed by atoms with van der Waals surface area (Å²) in [5.41, 5.74) is 6.46. The maximum absolute atomic E-state index is 12.0. The summed E-state index contributed by atoms with van der Waals surface area (Å²) < 4.78 is 0. The van der Waals surface area contributed by atoms with E-state index in [0.717, 1.165) is 32.7 Å². The smallest absolute Gasteiger partial charge is 0.271 e. The van der Waals surface area contributed by atoms with Gasteiger partial charge in [0.25, 0.3) is 5.91 Å². The van der Waals surface area contributed by atoms with E-state index in [2.05, 4.69) is 40.0 Å². The fraction of sp³-hybridized carbons (Fsp3) is 0.300. The normalized spacial score (nSPS) is 14.6. The average molecular weight is 388 g/mol. The first-order valence-electron chi connectivity index (χ1n) is 9.11. The number of carbonyl (C=O) groups is 2. The standard InChI is InChI=1S/C20H23ClN4O2/c21-18-9-5-4-8-17(18)20(27)23-22-19(26)10-11-24-12-14-25(15-13-24)16-6-2-1-3-7-16/h1-9H,10-15H2,(H,22,26)(H,23,27)/p+1. The second kappa shape index (κ2) is 9.39. The predicted octanol–water partition coefficient (Wildman–Crippen LogP) is 0.896. The lowest BCUT2D eigenvalue weighted by atomic mass is 10.2. The van der Waals surface area contributed by atoms with Gasteiger partial charge in [-0.25, -0.2) is 0 Å². The summed E-state index contributed by atoms with van der Waals surface area (Å²) in [6.07, 6.45) is 0.365. The van der Waals surface area contributed by atoms with E-state index in [-0.39, 0.29) is 5.91 Å². The minimum Gasteiger partial charge on any atom is -0.360 e. The number of rotatable bonds is 5. The largest absolute Gasteiger partial charge is 0.360 e. The molecule has 2 aromatic carbocycles. The van der Waals surface area contributed by atoms with Crippen molar-refractivity contribution in [2.24, 2.45) is 0 Å². The monoisotopic (exact) mass is 387 g/mol. The van der Waals surface area contributed by atoms with E-state index in [1.165, 1.54) is 10.6 Å². The molecule has 2 aromatic rings. The number of hydrogen-bond acceptors (Lipinski definition) is 3. The van der Waals surface area contributed by atoms with Crippen LogP contribution in [-0.2, 0) is 4.79 Å². The fourth-order valence-electron chi connectivity index (χ4n) is 3.16. The molecule has 0 spiro atoms. The van der Waals surface area contributed by atoms with Crippen molar-refractivity contribution in [2.75, 3.05) is 37.6 Å². The Kier molecular flexibility index (Phi) is 6.68. The van der Waals surface area contributed by atoms with Gasteiger partial charge in [0, 0.05) is 5.69 Å². The minimum absolute atomic E-state index is 0.201. The first-order valence-corrected chi connectivity index (χ1v) is 9.48. The first kappa shape index (κ1) is 19.2. The number of halogens is 1. The van der Waals surface area contributed by atoms with Gasteiger partial charge in [-0.15, -0.1) is 0 Å². The number of benzene rings is 2. The Balaban J connectivity index is 1.36. The molecule has 3 N–H and O–H groups in total. The highest BCUT2D eigenvalue weighted by atomic mass is 35.5. The molecule has 1 heterocycles. The molecular formula is C20H24ClN4O2+. The summed E-state index contributed by atoms with van der Waals surface area (Å²) in [7, 11) is 0. The average Bonchev–Trinajstić information content (AvgIpc) is 2.72. The third kappa shape index (κ3) is 5.45. The van der Waals surface area contributed by atoms with Crippen LogP contribution in [0.3, 0.4) is 0 Å². The zero-order valence-corrected chi connectivity index (χ0v) is 15.8. The Hall–Kier alpha value is -2.57. The molecule has 2 amide bonds. The molecule has 0 unspecified atom stereocenters. The first-order chi connectivity index (χ1) is 13.1. The van der Waals surface area contributed by atoms with Crippen LogP contribution in [0.1, 0.15) is 16.8 Å². The zero-order chi connectivity index (χ0) is 19.1. The van der Waals surface area contributed by atoms with Crippen LogP contribution in [0.25, 0.3) is 0 Å². The molecule has 27 heavy (non-hydrogen) atoms. The SMILES string of the molecule is O=C(CC[NH+]1CCN(c2ccccc2)CC1)NNC(=O)c1ccccc1Cl. The molecule has 0 atom stereocenters.